The first kappa shape index (κ1) is 32.5. The molecule has 0 rings (SSSR count). The standard InChI is InChI=1S/C22H43N5O5S2/c1-14(2)13-18(22(31)32)27-21(30)17(9-12-34-4)26-20(29)16(7-5-6-10-23)25-19(28)15(24)8-11-33-3/h14-18H,5-13,23-24H2,1-4H3,(H,25,28)(H,26,29)(H,27,30)(H,31,32). The van der Waals surface area contributed by atoms with Gasteiger partial charge in [-0.05, 0) is 75.0 Å². The van der Waals surface area contributed by atoms with Crippen LogP contribution in [0.15, 0.2) is 0 Å². The zero-order chi connectivity index (χ0) is 26.1. The number of nitrogens with one attached hydrogen (secondary N) is 3. The van der Waals surface area contributed by atoms with Gasteiger partial charge in [0.15, 0.2) is 0 Å². The van der Waals surface area contributed by atoms with Gasteiger partial charge in [-0.2, -0.15) is 23.5 Å². The van der Waals surface area contributed by atoms with Crippen LogP contribution in [-0.2, 0) is 19.2 Å². The maximum Gasteiger partial charge on any atom is 0.326 e. The van der Waals surface area contributed by atoms with Crippen molar-refractivity contribution >= 4 is 47.2 Å². The zero-order valence-corrected chi connectivity index (χ0v) is 22.4. The molecule has 0 radical (unpaired) electrons. The van der Waals surface area contributed by atoms with E-state index in [2.05, 4.69) is 16.0 Å². The van der Waals surface area contributed by atoms with E-state index in [4.69, 9.17) is 11.5 Å². The number of thioether (sulfide) groups is 2. The Morgan fingerprint density at radius 2 is 1.29 bits per heavy atom. The fourth-order valence-corrected chi connectivity index (χ4v) is 4.12. The Kier molecular flexibility index (Phi) is 18.0. The number of rotatable bonds is 19. The molecule has 4 atom stereocenters. The molecule has 0 fully saturated rings. The molecule has 198 valence electrons. The summed E-state index contributed by atoms with van der Waals surface area (Å²) < 4.78 is 0. The lowest BCUT2D eigenvalue weighted by Crippen LogP contribution is -2.57. The van der Waals surface area contributed by atoms with Crippen molar-refractivity contribution in [3.05, 3.63) is 0 Å². The summed E-state index contributed by atoms with van der Waals surface area (Å²) in [6.45, 7) is 4.20. The van der Waals surface area contributed by atoms with Gasteiger partial charge in [-0.3, -0.25) is 14.4 Å². The highest BCUT2D eigenvalue weighted by Gasteiger charge is 2.30. The molecule has 0 aliphatic carbocycles. The van der Waals surface area contributed by atoms with Crippen molar-refractivity contribution in [1.29, 1.82) is 0 Å². The maximum absolute atomic E-state index is 13.1. The number of carbonyl (C=O) groups is 4. The summed E-state index contributed by atoms with van der Waals surface area (Å²) in [5.41, 5.74) is 11.5. The van der Waals surface area contributed by atoms with Gasteiger partial charge in [-0.25, -0.2) is 4.79 Å². The number of carboxylic acids is 1. The molecule has 3 amide bonds. The van der Waals surface area contributed by atoms with Gasteiger partial charge in [0.2, 0.25) is 17.7 Å². The Labute approximate surface area is 211 Å². The quantitative estimate of drug-likeness (QED) is 0.132. The molecule has 0 heterocycles. The summed E-state index contributed by atoms with van der Waals surface area (Å²) >= 11 is 3.09. The highest BCUT2D eigenvalue weighted by Crippen LogP contribution is 2.09. The normalized spacial score (nSPS) is 14.7. The van der Waals surface area contributed by atoms with E-state index in [9.17, 15) is 24.3 Å². The van der Waals surface area contributed by atoms with Crippen LogP contribution in [0.25, 0.3) is 0 Å². The molecule has 12 heteroatoms. The Bertz CT molecular complexity index is 639. The number of hydrogen-bond acceptors (Lipinski definition) is 8. The average molecular weight is 522 g/mol. The molecule has 4 unspecified atom stereocenters. The van der Waals surface area contributed by atoms with Gasteiger partial charge in [0.05, 0.1) is 6.04 Å². The third-order valence-electron chi connectivity index (χ3n) is 5.11. The van der Waals surface area contributed by atoms with Crippen molar-refractivity contribution < 1.29 is 24.3 Å². The maximum atomic E-state index is 13.1. The van der Waals surface area contributed by atoms with Crippen molar-refractivity contribution in [1.82, 2.24) is 16.0 Å². The molecule has 8 N–H and O–H groups in total. The molecular formula is C22H43N5O5S2. The van der Waals surface area contributed by atoms with Crippen LogP contribution in [0, 0.1) is 5.92 Å². The molecule has 10 nitrogen and oxygen atoms in total. The lowest BCUT2D eigenvalue weighted by molar-refractivity contribution is -0.142. The highest BCUT2D eigenvalue weighted by molar-refractivity contribution is 7.98. The minimum absolute atomic E-state index is 0.0677. The molecule has 0 spiro atoms. The fourth-order valence-electron chi connectivity index (χ4n) is 3.16. The number of nitrogens with two attached hydrogens (primary N) is 2. The van der Waals surface area contributed by atoms with Gasteiger partial charge in [-0.1, -0.05) is 13.8 Å². The zero-order valence-electron chi connectivity index (χ0n) is 20.8. The van der Waals surface area contributed by atoms with Gasteiger partial charge in [-0.15, -0.1) is 0 Å². The van der Waals surface area contributed by atoms with Crippen LogP contribution in [0.3, 0.4) is 0 Å². The molecule has 0 aliphatic rings. The summed E-state index contributed by atoms with van der Waals surface area (Å²) in [5, 5.41) is 17.4. The first-order chi connectivity index (χ1) is 16.1. The van der Waals surface area contributed by atoms with Crippen LogP contribution in [0.4, 0.5) is 0 Å². The first-order valence-electron chi connectivity index (χ1n) is 11.6. The number of carboxylic acid groups (broad SMARTS) is 1. The number of carbonyl (C=O) groups excluding carboxylic acids is 3. The van der Waals surface area contributed by atoms with E-state index in [1.54, 1.807) is 11.8 Å². The van der Waals surface area contributed by atoms with Crippen molar-refractivity contribution in [3.8, 4) is 0 Å². The summed E-state index contributed by atoms with van der Waals surface area (Å²) in [4.78, 5) is 50.0. The number of unbranched alkanes of at least 4 members (excludes halogenated alkanes) is 1. The Morgan fingerprint density at radius 3 is 1.79 bits per heavy atom. The third kappa shape index (κ3) is 14.0. The molecule has 0 aromatic carbocycles. The summed E-state index contributed by atoms with van der Waals surface area (Å²) in [6.07, 6.45) is 6.53. The number of aliphatic carboxylic acids is 1. The lowest BCUT2D eigenvalue weighted by Gasteiger charge is -2.25. The predicted octanol–water partition coefficient (Wildman–Crippen LogP) is 0.534. The smallest absolute Gasteiger partial charge is 0.326 e. The average Bonchev–Trinajstić information content (AvgIpc) is 2.78. The number of hydrogen-bond donors (Lipinski definition) is 6. The SMILES string of the molecule is CSCCC(N)C(=O)NC(CCCCN)C(=O)NC(CCSC)C(=O)NC(CC(C)C)C(=O)O. The molecule has 0 saturated heterocycles. The lowest BCUT2D eigenvalue weighted by atomic mass is 10.0. The molecule has 0 bridgehead atoms. The van der Waals surface area contributed by atoms with E-state index < -0.39 is 47.9 Å². The van der Waals surface area contributed by atoms with E-state index >= 15 is 0 Å². The van der Waals surface area contributed by atoms with Gasteiger partial charge in [0, 0.05) is 0 Å². The topological polar surface area (TPSA) is 177 Å². The number of amides is 3. The summed E-state index contributed by atoms with van der Waals surface area (Å²) in [5.74, 6) is -1.23. The Balaban J connectivity index is 5.41. The predicted molar refractivity (Wildman–Crippen MR) is 140 cm³/mol. The van der Waals surface area contributed by atoms with Crippen LogP contribution in [0.1, 0.15) is 52.4 Å². The van der Waals surface area contributed by atoms with Crippen LogP contribution >= 0.6 is 23.5 Å². The van der Waals surface area contributed by atoms with Gasteiger partial charge < -0.3 is 32.5 Å². The van der Waals surface area contributed by atoms with E-state index in [1.165, 1.54) is 11.8 Å². The largest absolute Gasteiger partial charge is 0.480 e. The molecule has 0 saturated carbocycles. The van der Waals surface area contributed by atoms with Crippen LogP contribution in [-0.4, -0.2) is 83.5 Å². The summed E-state index contributed by atoms with van der Waals surface area (Å²) in [7, 11) is 0. The van der Waals surface area contributed by atoms with Crippen molar-refractivity contribution in [2.75, 3.05) is 30.6 Å². The van der Waals surface area contributed by atoms with Gasteiger partial charge in [0.1, 0.15) is 18.1 Å². The minimum atomic E-state index is -1.12. The summed E-state index contributed by atoms with van der Waals surface area (Å²) in [6, 6.07) is -3.57. The van der Waals surface area contributed by atoms with E-state index in [0.29, 0.717) is 44.4 Å². The Morgan fingerprint density at radius 1 is 0.794 bits per heavy atom. The van der Waals surface area contributed by atoms with E-state index in [-0.39, 0.29) is 12.3 Å². The highest BCUT2D eigenvalue weighted by atomic mass is 32.2. The second kappa shape index (κ2) is 18.8. The van der Waals surface area contributed by atoms with Crippen molar-refractivity contribution in [2.45, 2.75) is 76.5 Å². The molecule has 0 aliphatic heterocycles. The van der Waals surface area contributed by atoms with Gasteiger partial charge >= 0.3 is 5.97 Å². The van der Waals surface area contributed by atoms with Crippen LogP contribution < -0.4 is 27.4 Å². The monoisotopic (exact) mass is 521 g/mol. The Hall–Kier alpha value is -1.50. The first-order valence-corrected chi connectivity index (χ1v) is 14.4. The second-order valence-electron chi connectivity index (χ2n) is 8.61. The van der Waals surface area contributed by atoms with E-state index in [0.717, 1.165) is 5.75 Å². The van der Waals surface area contributed by atoms with Crippen molar-refractivity contribution in [2.24, 2.45) is 17.4 Å². The van der Waals surface area contributed by atoms with Crippen molar-refractivity contribution in [3.63, 3.8) is 0 Å². The molecule has 0 aromatic rings. The fraction of sp³-hybridized carbons (Fsp3) is 0.818. The van der Waals surface area contributed by atoms with Crippen LogP contribution in [0.2, 0.25) is 0 Å². The molecule has 34 heavy (non-hydrogen) atoms. The van der Waals surface area contributed by atoms with Crippen LogP contribution in [0.5, 0.6) is 0 Å². The second-order valence-corrected chi connectivity index (χ2v) is 10.6. The minimum Gasteiger partial charge on any atom is -0.480 e. The van der Waals surface area contributed by atoms with Gasteiger partial charge in [0.25, 0.3) is 0 Å². The molecule has 0 aromatic heterocycles. The third-order valence-corrected chi connectivity index (χ3v) is 6.40. The molecular weight excluding hydrogens is 478 g/mol. The van der Waals surface area contributed by atoms with E-state index in [1.807, 2.05) is 26.4 Å².